The molecular formula is C14H15BO3. The van der Waals surface area contributed by atoms with Crippen LogP contribution >= 0.6 is 0 Å². The Bertz CT molecular complexity index is 545. The van der Waals surface area contributed by atoms with Gasteiger partial charge in [-0.3, -0.25) is 4.79 Å². The number of benzene rings is 1. The van der Waals surface area contributed by atoms with Gasteiger partial charge >= 0.3 is 0 Å². The number of carbonyl (C=O) groups excluding carboxylic acids is 1. The van der Waals surface area contributed by atoms with Crippen molar-refractivity contribution in [2.24, 2.45) is 0 Å². The van der Waals surface area contributed by atoms with Gasteiger partial charge in [-0.05, 0) is 30.9 Å². The zero-order chi connectivity index (χ0) is 13.0. The second-order valence-electron chi connectivity index (χ2n) is 4.11. The van der Waals surface area contributed by atoms with E-state index in [1.807, 2.05) is 18.2 Å². The van der Waals surface area contributed by atoms with Crippen molar-refractivity contribution >= 4 is 24.6 Å². The number of fused-ring (bicyclic) bond motifs is 1. The van der Waals surface area contributed by atoms with Crippen LogP contribution in [0.1, 0.15) is 30.3 Å². The highest BCUT2D eigenvalue weighted by Gasteiger charge is 2.12. The molecule has 0 fully saturated rings. The number of rotatable bonds is 6. The predicted octanol–water partition coefficient (Wildman–Crippen LogP) is 3.38. The molecule has 1 aromatic carbocycles. The van der Waals surface area contributed by atoms with Gasteiger partial charge in [-0.1, -0.05) is 19.4 Å². The van der Waals surface area contributed by atoms with E-state index in [1.54, 1.807) is 6.07 Å². The maximum atomic E-state index is 11.5. The molecule has 18 heavy (non-hydrogen) atoms. The van der Waals surface area contributed by atoms with E-state index in [-0.39, 0.29) is 12.1 Å². The summed E-state index contributed by atoms with van der Waals surface area (Å²) in [7, 11) is 5.32. The number of hydrogen-bond acceptors (Lipinski definition) is 3. The van der Waals surface area contributed by atoms with Crippen LogP contribution in [0.2, 0.25) is 6.32 Å². The largest absolute Gasteiger partial charge is 0.493 e. The van der Waals surface area contributed by atoms with Gasteiger partial charge in [0.15, 0.2) is 11.5 Å². The van der Waals surface area contributed by atoms with Crippen molar-refractivity contribution in [2.75, 3.05) is 6.61 Å². The molecule has 0 aliphatic carbocycles. The first-order chi connectivity index (χ1) is 8.76. The van der Waals surface area contributed by atoms with Gasteiger partial charge in [-0.2, -0.15) is 0 Å². The second-order valence-corrected chi connectivity index (χ2v) is 4.11. The highest BCUT2D eigenvalue weighted by molar-refractivity contribution is 6.23. The summed E-state index contributed by atoms with van der Waals surface area (Å²) in [5.41, 5.74) is 0.654. The van der Waals surface area contributed by atoms with Crippen molar-refractivity contribution in [2.45, 2.75) is 26.1 Å². The van der Waals surface area contributed by atoms with Crippen molar-refractivity contribution < 1.29 is 13.9 Å². The lowest BCUT2D eigenvalue weighted by molar-refractivity contribution is 0.0990. The number of carbonyl (C=O) groups is 1. The summed E-state index contributed by atoms with van der Waals surface area (Å²) in [6.45, 7) is 2.78. The van der Waals surface area contributed by atoms with Crippen LogP contribution in [0.5, 0.6) is 5.75 Å². The fourth-order valence-electron chi connectivity index (χ4n) is 1.72. The van der Waals surface area contributed by atoms with E-state index < -0.39 is 0 Å². The number of ketones is 1. The van der Waals surface area contributed by atoms with E-state index in [0.717, 1.165) is 24.0 Å². The first kappa shape index (κ1) is 12.7. The molecule has 0 N–H and O–H groups in total. The van der Waals surface area contributed by atoms with E-state index in [1.165, 1.54) is 0 Å². The molecule has 1 heterocycles. The summed E-state index contributed by atoms with van der Waals surface area (Å²) < 4.78 is 11.1. The third-order valence-corrected chi connectivity index (χ3v) is 2.74. The molecule has 0 saturated heterocycles. The molecule has 0 aliphatic heterocycles. The Kier molecular flexibility index (Phi) is 4.08. The normalized spacial score (nSPS) is 10.7. The van der Waals surface area contributed by atoms with Crippen LogP contribution in [0.3, 0.4) is 0 Å². The minimum Gasteiger partial charge on any atom is -0.493 e. The van der Waals surface area contributed by atoms with Crippen LogP contribution in [0, 0.1) is 0 Å². The fourth-order valence-corrected chi connectivity index (χ4v) is 1.72. The van der Waals surface area contributed by atoms with E-state index in [4.69, 9.17) is 17.0 Å². The monoisotopic (exact) mass is 242 g/mol. The molecule has 2 aromatic rings. The highest BCUT2D eigenvalue weighted by Crippen LogP contribution is 2.29. The highest BCUT2D eigenvalue weighted by atomic mass is 16.5. The zero-order valence-electron chi connectivity index (χ0n) is 10.4. The number of furan rings is 1. The molecule has 0 amide bonds. The molecule has 0 bridgehead atoms. The van der Waals surface area contributed by atoms with Crippen LogP contribution in [-0.4, -0.2) is 20.2 Å². The molecule has 2 radical (unpaired) electrons. The van der Waals surface area contributed by atoms with E-state index in [0.29, 0.717) is 18.0 Å². The summed E-state index contributed by atoms with van der Waals surface area (Å²) in [6.07, 6.45) is 2.03. The Morgan fingerprint density at radius 3 is 3.00 bits per heavy atom. The van der Waals surface area contributed by atoms with Crippen molar-refractivity contribution in [1.29, 1.82) is 0 Å². The first-order valence-corrected chi connectivity index (χ1v) is 6.15. The molecular weight excluding hydrogens is 227 g/mol. The van der Waals surface area contributed by atoms with Crippen LogP contribution < -0.4 is 4.74 Å². The number of ether oxygens (including phenoxy) is 1. The van der Waals surface area contributed by atoms with Gasteiger partial charge in [0.25, 0.3) is 0 Å². The van der Waals surface area contributed by atoms with Crippen LogP contribution in [0.15, 0.2) is 28.7 Å². The molecule has 4 heteroatoms. The molecule has 0 saturated carbocycles. The Balaban J connectivity index is 2.30. The molecule has 1 aromatic heterocycles. The Morgan fingerprint density at radius 2 is 2.28 bits per heavy atom. The summed E-state index contributed by atoms with van der Waals surface area (Å²) in [5, 5.41) is 0.824. The smallest absolute Gasteiger partial charge is 0.189 e. The summed E-state index contributed by atoms with van der Waals surface area (Å²) in [4.78, 5) is 11.5. The minimum absolute atomic E-state index is 0.0498. The number of unbranched alkanes of at least 4 members (excludes halogenated alkanes) is 1. The van der Waals surface area contributed by atoms with Gasteiger partial charge in [-0.15, -0.1) is 0 Å². The van der Waals surface area contributed by atoms with Crippen LogP contribution in [-0.2, 0) is 0 Å². The van der Waals surface area contributed by atoms with Gasteiger partial charge in [0.05, 0.1) is 19.8 Å². The lowest BCUT2D eigenvalue weighted by atomic mass is 9.99. The van der Waals surface area contributed by atoms with Crippen LogP contribution in [0.25, 0.3) is 11.0 Å². The molecule has 92 valence electrons. The third kappa shape index (κ3) is 2.58. The van der Waals surface area contributed by atoms with Crippen molar-refractivity contribution in [3.63, 3.8) is 0 Å². The fraction of sp³-hybridized carbons (Fsp3) is 0.357. The van der Waals surface area contributed by atoms with Crippen molar-refractivity contribution in [3.8, 4) is 5.75 Å². The molecule has 2 rings (SSSR count). The molecule has 3 nitrogen and oxygen atoms in total. The number of hydrogen-bond donors (Lipinski definition) is 0. The SMILES string of the molecule is [B]CC(=O)c1cc2c(OCCCC)cccc2o1. The quantitative estimate of drug-likeness (QED) is 0.442. The average Bonchev–Trinajstić information content (AvgIpc) is 2.83. The van der Waals surface area contributed by atoms with Gasteiger partial charge in [0.2, 0.25) is 0 Å². The number of Topliss-reactive ketones (excluding diaryl/α,β-unsaturated/α-hetero) is 1. The first-order valence-electron chi connectivity index (χ1n) is 6.15. The zero-order valence-corrected chi connectivity index (χ0v) is 10.4. The van der Waals surface area contributed by atoms with Gasteiger partial charge < -0.3 is 9.15 Å². The Hall–Kier alpha value is -1.71. The molecule has 0 atom stereocenters. The van der Waals surface area contributed by atoms with E-state index in [9.17, 15) is 4.79 Å². The molecule has 0 spiro atoms. The minimum atomic E-state index is -0.203. The summed E-state index contributed by atoms with van der Waals surface area (Å²) in [5.74, 6) is 0.838. The summed E-state index contributed by atoms with van der Waals surface area (Å²) >= 11 is 0. The van der Waals surface area contributed by atoms with Crippen LogP contribution in [0.4, 0.5) is 0 Å². The van der Waals surface area contributed by atoms with Gasteiger partial charge in [0.1, 0.15) is 11.3 Å². The Morgan fingerprint density at radius 1 is 1.44 bits per heavy atom. The van der Waals surface area contributed by atoms with Crippen molar-refractivity contribution in [3.05, 3.63) is 30.0 Å². The average molecular weight is 242 g/mol. The Labute approximate surface area is 108 Å². The third-order valence-electron chi connectivity index (χ3n) is 2.74. The van der Waals surface area contributed by atoms with Crippen molar-refractivity contribution in [1.82, 2.24) is 0 Å². The molecule has 0 unspecified atom stereocenters. The lowest BCUT2D eigenvalue weighted by Gasteiger charge is -2.05. The predicted molar refractivity (Wildman–Crippen MR) is 71.5 cm³/mol. The van der Waals surface area contributed by atoms with Gasteiger partial charge in [0, 0.05) is 0 Å². The standard InChI is InChI=1S/C14H15BO3/c1-2-3-7-17-12-5-4-6-13-10(12)8-14(18-13)11(16)9-15/h4-6,8H,2-3,7,9H2,1H3. The topological polar surface area (TPSA) is 39.4 Å². The maximum Gasteiger partial charge on any atom is 0.189 e. The molecule has 0 aliphatic rings. The lowest BCUT2D eigenvalue weighted by Crippen LogP contribution is -1.96. The van der Waals surface area contributed by atoms with E-state index >= 15 is 0 Å². The summed E-state index contributed by atoms with van der Waals surface area (Å²) in [6, 6.07) is 7.25. The second kappa shape index (κ2) is 5.76. The maximum absolute atomic E-state index is 11.5. The van der Waals surface area contributed by atoms with E-state index in [2.05, 4.69) is 6.92 Å². The van der Waals surface area contributed by atoms with Gasteiger partial charge in [-0.25, -0.2) is 0 Å².